The Labute approximate surface area is 144 Å². The van der Waals surface area contributed by atoms with Crippen molar-refractivity contribution in [2.75, 3.05) is 11.9 Å². The third kappa shape index (κ3) is 3.97. The second-order valence-electron chi connectivity index (χ2n) is 5.37. The molecule has 0 saturated carbocycles. The van der Waals surface area contributed by atoms with E-state index in [1.807, 2.05) is 30.3 Å². The summed E-state index contributed by atoms with van der Waals surface area (Å²) in [6.45, 7) is 7.28. The van der Waals surface area contributed by atoms with Gasteiger partial charge in [-0.05, 0) is 23.3 Å². The summed E-state index contributed by atoms with van der Waals surface area (Å²) in [5.74, 6) is -0.0224. The minimum Gasteiger partial charge on any atom is -0.387 e. The summed E-state index contributed by atoms with van der Waals surface area (Å²) in [6, 6.07) is 15.3. The van der Waals surface area contributed by atoms with E-state index in [2.05, 4.69) is 20.1 Å². The van der Waals surface area contributed by atoms with E-state index < -0.39 is 11.9 Å². The summed E-state index contributed by atoms with van der Waals surface area (Å²) >= 11 is 0. The van der Waals surface area contributed by atoms with Crippen LogP contribution in [0, 0.1) is 12.4 Å². The van der Waals surface area contributed by atoms with Crippen LogP contribution in [-0.4, -0.2) is 21.6 Å². The van der Waals surface area contributed by atoms with Crippen molar-refractivity contribution in [2.45, 2.75) is 6.10 Å². The van der Waals surface area contributed by atoms with E-state index >= 15 is 0 Å². The lowest BCUT2D eigenvalue weighted by atomic mass is 10.1. The van der Waals surface area contributed by atoms with Gasteiger partial charge in [-0.25, -0.2) is 19.2 Å². The molecule has 3 aromatic rings. The van der Waals surface area contributed by atoms with Crippen LogP contribution in [0.2, 0.25) is 0 Å². The molecule has 1 heterocycles. The lowest BCUT2D eigenvalue weighted by molar-refractivity contribution is 0.191. The molecule has 1 atom stereocenters. The number of nitrogens with one attached hydrogen (secondary N) is 1. The summed E-state index contributed by atoms with van der Waals surface area (Å²) in [4.78, 5) is 11.4. The van der Waals surface area contributed by atoms with Crippen LogP contribution in [0.1, 0.15) is 11.7 Å². The number of aliphatic hydroxyl groups excluding tert-OH is 1. The van der Waals surface area contributed by atoms with E-state index in [1.54, 1.807) is 12.1 Å². The Morgan fingerprint density at radius 2 is 1.92 bits per heavy atom. The Hall–Kier alpha value is -3.30. The van der Waals surface area contributed by atoms with Crippen LogP contribution in [0.5, 0.6) is 0 Å². The maximum absolute atomic E-state index is 13.4. The number of nitrogens with zero attached hydrogens (tertiary/aromatic N) is 3. The van der Waals surface area contributed by atoms with Gasteiger partial charge >= 0.3 is 0 Å². The van der Waals surface area contributed by atoms with Gasteiger partial charge in [0, 0.05) is 12.6 Å². The van der Waals surface area contributed by atoms with Crippen molar-refractivity contribution in [2.24, 2.45) is 0 Å². The average Bonchev–Trinajstić information content (AvgIpc) is 2.67. The SMILES string of the molecule is [C-]#[N+]c1cc(-c2cc(NC[C@H](O)c3ccccc3)ncn2)ccc1F. The van der Waals surface area contributed by atoms with Gasteiger partial charge in [-0.15, -0.1) is 0 Å². The van der Waals surface area contributed by atoms with Crippen LogP contribution in [0.15, 0.2) is 60.9 Å². The summed E-state index contributed by atoms with van der Waals surface area (Å²) in [5.41, 5.74) is 1.95. The normalized spacial score (nSPS) is 11.6. The van der Waals surface area contributed by atoms with Crippen molar-refractivity contribution in [3.05, 3.63) is 83.7 Å². The van der Waals surface area contributed by atoms with Crippen molar-refractivity contribution >= 4 is 11.5 Å². The van der Waals surface area contributed by atoms with Crippen LogP contribution in [0.4, 0.5) is 15.9 Å². The number of hydrogen-bond acceptors (Lipinski definition) is 4. The molecule has 2 N–H and O–H groups in total. The highest BCUT2D eigenvalue weighted by atomic mass is 19.1. The Bertz CT molecular complexity index is 909. The highest BCUT2D eigenvalue weighted by Gasteiger charge is 2.09. The lowest BCUT2D eigenvalue weighted by Gasteiger charge is -2.13. The molecule has 0 aliphatic heterocycles. The highest BCUT2D eigenvalue weighted by Crippen LogP contribution is 2.26. The van der Waals surface area contributed by atoms with Crippen LogP contribution in [0.3, 0.4) is 0 Å². The number of anilines is 1. The fourth-order valence-corrected chi connectivity index (χ4v) is 2.36. The van der Waals surface area contributed by atoms with Crippen molar-refractivity contribution in [3.8, 4) is 11.3 Å². The zero-order chi connectivity index (χ0) is 17.6. The van der Waals surface area contributed by atoms with Gasteiger partial charge < -0.3 is 10.4 Å². The molecule has 0 amide bonds. The van der Waals surface area contributed by atoms with Gasteiger partial charge in [0.2, 0.25) is 5.69 Å². The predicted molar refractivity (Wildman–Crippen MR) is 93.6 cm³/mol. The number of hydrogen-bond donors (Lipinski definition) is 2. The number of aromatic nitrogens is 2. The van der Waals surface area contributed by atoms with E-state index in [1.165, 1.54) is 18.5 Å². The molecule has 2 aromatic carbocycles. The van der Waals surface area contributed by atoms with E-state index in [9.17, 15) is 9.50 Å². The predicted octanol–water partition coefficient (Wildman–Crippen LogP) is 3.98. The molecule has 0 fully saturated rings. The first-order valence-corrected chi connectivity index (χ1v) is 7.63. The molecule has 0 unspecified atom stereocenters. The van der Waals surface area contributed by atoms with Gasteiger partial charge in [0.25, 0.3) is 0 Å². The fourth-order valence-electron chi connectivity index (χ4n) is 2.36. The quantitative estimate of drug-likeness (QED) is 0.693. The third-order valence-corrected chi connectivity index (χ3v) is 3.69. The van der Waals surface area contributed by atoms with Crippen molar-refractivity contribution in [1.82, 2.24) is 9.97 Å². The molecule has 1 aromatic heterocycles. The molecular formula is C19H15FN4O. The summed E-state index contributed by atoms with van der Waals surface area (Å²) < 4.78 is 13.4. The monoisotopic (exact) mass is 334 g/mol. The molecule has 6 heteroatoms. The van der Waals surface area contributed by atoms with Crippen LogP contribution < -0.4 is 5.32 Å². The standard InChI is InChI=1S/C19H15FN4O/c1-21-17-9-14(7-8-15(17)20)16-10-19(24-12-23-16)22-11-18(25)13-5-3-2-4-6-13/h2-10,12,18,25H,11H2,(H,22,23,24)/t18-/m0/s1. The van der Waals surface area contributed by atoms with E-state index in [0.29, 0.717) is 17.1 Å². The summed E-state index contributed by atoms with van der Waals surface area (Å²) in [7, 11) is 0. The van der Waals surface area contributed by atoms with Crippen LogP contribution in [-0.2, 0) is 0 Å². The number of halogens is 1. The second-order valence-corrected chi connectivity index (χ2v) is 5.37. The molecule has 0 bridgehead atoms. The third-order valence-electron chi connectivity index (χ3n) is 3.69. The molecule has 3 rings (SSSR count). The smallest absolute Gasteiger partial charge is 0.222 e. The summed E-state index contributed by atoms with van der Waals surface area (Å²) in [5, 5.41) is 13.2. The largest absolute Gasteiger partial charge is 0.387 e. The first kappa shape index (κ1) is 16.6. The first-order valence-electron chi connectivity index (χ1n) is 7.63. The van der Waals surface area contributed by atoms with Crippen molar-refractivity contribution in [3.63, 3.8) is 0 Å². The Kier molecular flexibility index (Phi) is 4.97. The molecule has 124 valence electrons. The summed E-state index contributed by atoms with van der Waals surface area (Å²) in [6.07, 6.45) is 0.715. The molecule has 0 radical (unpaired) electrons. The number of aliphatic hydroxyl groups is 1. The Balaban J connectivity index is 1.75. The minimum atomic E-state index is -0.667. The Morgan fingerprint density at radius 3 is 2.68 bits per heavy atom. The van der Waals surface area contributed by atoms with Crippen molar-refractivity contribution in [1.29, 1.82) is 0 Å². The van der Waals surface area contributed by atoms with E-state index in [4.69, 9.17) is 6.57 Å². The number of benzene rings is 2. The van der Waals surface area contributed by atoms with E-state index in [-0.39, 0.29) is 12.2 Å². The highest BCUT2D eigenvalue weighted by molar-refractivity contribution is 5.67. The minimum absolute atomic E-state index is 0.0508. The fraction of sp³-hybridized carbons (Fsp3) is 0.105. The molecule has 0 spiro atoms. The zero-order valence-electron chi connectivity index (χ0n) is 13.2. The van der Waals surface area contributed by atoms with Crippen molar-refractivity contribution < 1.29 is 9.50 Å². The van der Waals surface area contributed by atoms with E-state index in [0.717, 1.165) is 5.56 Å². The van der Waals surface area contributed by atoms with Gasteiger partial charge in [-0.3, -0.25) is 0 Å². The van der Waals surface area contributed by atoms with Gasteiger partial charge in [0.1, 0.15) is 18.0 Å². The molecule has 5 nitrogen and oxygen atoms in total. The molecule has 0 aliphatic rings. The van der Waals surface area contributed by atoms with Gasteiger partial charge in [0.05, 0.1) is 18.4 Å². The maximum Gasteiger partial charge on any atom is 0.222 e. The topological polar surface area (TPSA) is 62.4 Å². The Morgan fingerprint density at radius 1 is 1.12 bits per heavy atom. The first-order chi connectivity index (χ1) is 12.2. The average molecular weight is 334 g/mol. The second kappa shape index (κ2) is 7.51. The number of rotatable bonds is 5. The van der Waals surface area contributed by atoms with Crippen LogP contribution >= 0.6 is 0 Å². The van der Waals surface area contributed by atoms with Gasteiger partial charge in [-0.2, -0.15) is 0 Å². The molecule has 0 aliphatic carbocycles. The molecule has 0 saturated heterocycles. The lowest BCUT2D eigenvalue weighted by Crippen LogP contribution is -2.13. The zero-order valence-corrected chi connectivity index (χ0v) is 13.2. The van der Waals surface area contributed by atoms with Gasteiger partial charge in [0.15, 0.2) is 0 Å². The van der Waals surface area contributed by atoms with Gasteiger partial charge in [-0.1, -0.05) is 36.4 Å². The maximum atomic E-state index is 13.4. The molecular weight excluding hydrogens is 319 g/mol. The van der Waals surface area contributed by atoms with Crippen LogP contribution in [0.25, 0.3) is 16.1 Å². The molecule has 25 heavy (non-hydrogen) atoms.